The van der Waals surface area contributed by atoms with E-state index in [2.05, 4.69) is 44.2 Å². The molecule has 0 atom stereocenters. The summed E-state index contributed by atoms with van der Waals surface area (Å²) in [6, 6.07) is 0. The lowest BCUT2D eigenvalue weighted by Crippen LogP contribution is -2.38. The summed E-state index contributed by atoms with van der Waals surface area (Å²) in [6.45, 7) is 5.42. The van der Waals surface area contributed by atoms with E-state index in [1.807, 2.05) is 0 Å². The molecule has 96 valence electrons. The molecule has 1 aliphatic rings. The third-order valence-corrected chi connectivity index (χ3v) is 3.08. The Morgan fingerprint density at radius 2 is 2.29 bits per heavy atom. The van der Waals surface area contributed by atoms with E-state index in [1.54, 1.807) is 12.6 Å². The van der Waals surface area contributed by atoms with Gasteiger partial charge in [0.25, 0.3) is 0 Å². The molecule has 0 amide bonds. The molecule has 0 aromatic carbocycles. The predicted octanol–water partition coefficient (Wildman–Crippen LogP) is 2.95. The van der Waals surface area contributed by atoms with Crippen LogP contribution in [0.3, 0.4) is 0 Å². The fourth-order valence-electron chi connectivity index (χ4n) is 1.87. The topological polar surface area (TPSA) is 36.4 Å². The predicted molar refractivity (Wildman–Crippen MR) is 78.6 cm³/mol. The minimum atomic E-state index is 0.697. The van der Waals surface area contributed by atoms with E-state index < -0.39 is 0 Å². The van der Waals surface area contributed by atoms with Crippen LogP contribution in [0.25, 0.3) is 0 Å². The summed E-state index contributed by atoms with van der Waals surface area (Å²) in [5.74, 6) is 0.835. The third kappa shape index (κ3) is 6.51. The lowest BCUT2D eigenvalue weighted by molar-refractivity contribution is 0.666. The Kier molecular flexibility index (Phi) is 7.01. The Morgan fingerprint density at radius 1 is 1.47 bits per heavy atom. The fraction of sp³-hybridized carbons (Fsp3) is 0.615. The first kappa shape index (κ1) is 14.3. The molecule has 0 aliphatic heterocycles. The van der Waals surface area contributed by atoms with E-state index >= 15 is 0 Å². The number of hydrogen-bond acceptors (Lipinski definition) is 1. The number of allylic oxidation sites excluding steroid dienone is 1. The van der Waals surface area contributed by atoms with E-state index in [4.69, 9.17) is 0 Å². The van der Waals surface area contributed by atoms with Crippen molar-refractivity contribution in [1.29, 1.82) is 0 Å². The van der Waals surface area contributed by atoms with Crippen LogP contribution in [0.15, 0.2) is 27.7 Å². The quantitative estimate of drug-likeness (QED) is 0.465. The molecule has 0 fully saturated rings. The van der Waals surface area contributed by atoms with Gasteiger partial charge in [0.1, 0.15) is 0 Å². The average molecular weight is 300 g/mol. The Hall–Kier alpha value is -0.770. The number of halogens is 1. The molecule has 0 spiro atoms. The number of hydrogen-bond donors (Lipinski definition) is 2. The molecule has 1 aliphatic carbocycles. The molecule has 0 saturated heterocycles. The van der Waals surface area contributed by atoms with Gasteiger partial charge < -0.3 is 10.6 Å². The maximum Gasteiger partial charge on any atom is 0.191 e. The van der Waals surface area contributed by atoms with Crippen LogP contribution in [0.4, 0.5) is 0 Å². The Balaban J connectivity index is 2.19. The van der Waals surface area contributed by atoms with Crippen LogP contribution in [-0.2, 0) is 0 Å². The zero-order chi connectivity index (χ0) is 12.5. The second kappa shape index (κ2) is 8.34. The molecule has 17 heavy (non-hydrogen) atoms. The van der Waals surface area contributed by atoms with Crippen molar-refractivity contribution >= 4 is 21.9 Å². The summed E-state index contributed by atoms with van der Waals surface area (Å²) in [4.78, 5) is 4.16. The SMILES string of the molecule is C=C(Br)CNC(=NC)NCCC1=CCCCC1. The van der Waals surface area contributed by atoms with Gasteiger partial charge in [-0.3, -0.25) is 4.99 Å². The zero-order valence-corrected chi connectivity index (χ0v) is 12.1. The molecule has 1 rings (SSSR count). The third-order valence-electron chi connectivity index (χ3n) is 2.79. The first-order chi connectivity index (χ1) is 8.22. The fourth-order valence-corrected chi connectivity index (χ4v) is 2.01. The molecule has 2 N–H and O–H groups in total. The number of nitrogens with zero attached hydrogens (tertiary/aromatic N) is 1. The average Bonchev–Trinajstić information content (AvgIpc) is 2.34. The van der Waals surface area contributed by atoms with Gasteiger partial charge >= 0.3 is 0 Å². The van der Waals surface area contributed by atoms with Gasteiger partial charge in [0, 0.05) is 24.6 Å². The molecular formula is C13H22BrN3. The molecule has 0 bridgehead atoms. The van der Waals surface area contributed by atoms with Crippen LogP contribution in [0.1, 0.15) is 32.1 Å². The zero-order valence-electron chi connectivity index (χ0n) is 10.6. The second-order valence-corrected chi connectivity index (χ2v) is 5.35. The number of rotatable bonds is 5. The summed E-state index contributed by atoms with van der Waals surface area (Å²) in [5.41, 5.74) is 1.59. The van der Waals surface area contributed by atoms with Crippen molar-refractivity contribution in [1.82, 2.24) is 10.6 Å². The monoisotopic (exact) mass is 299 g/mol. The van der Waals surface area contributed by atoms with Crippen LogP contribution in [-0.4, -0.2) is 26.1 Å². The Labute approximate surface area is 113 Å². The molecule has 0 aromatic heterocycles. The van der Waals surface area contributed by atoms with Crippen molar-refractivity contribution in [3.05, 3.63) is 22.7 Å². The van der Waals surface area contributed by atoms with Crippen molar-refractivity contribution in [2.75, 3.05) is 20.1 Å². The lowest BCUT2D eigenvalue weighted by Gasteiger charge is -2.15. The molecule has 0 saturated carbocycles. The number of guanidine groups is 1. The van der Waals surface area contributed by atoms with E-state index in [0.29, 0.717) is 6.54 Å². The van der Waals surface area contributed by atoms with Gasteiger partial charge in [-0.1, -0.05) is 34.2 Å². The summed E-state index contributed by atoms with van der Waals surface area (Å²) < 4.78 is 0.926. The summed E-state index contributed by atoms with van der Waals surface area (Å²) in [6.07, 6.45) is 8.74. The maximum absolute atomic E-state index is 4.16. The van der Waals surface area contributed by atoms with Gasteiger partial charge in [-0.25, -0.2) is 0 Å². The van der Waals surface area contributed by atoms with Crippen molar-refractivity contribution in [2.24, 2.45) is 4.99 Å². The molecule has 0 aromatic rings. The number of aliphatic imine (C=N–C) groups is 1. The largest absolute Gasteiger partial charge is 0.356 e. The highest BCUT2D eigenvalue weighted by Gasteiger charge is 2.03. The minimum absolute atomic E-state index is 0.697. The normalized spacial score (nSPS) is 16.4. The molecule has 0 radical (unpaired) electrons. The Morgan fingerprint density at radius 3 is 2.88 bits per heavy atom. The van der Waals surface area contributed by atoms with Crippen LogP contribution >= 0.6 is 15.9 Å². The van der Waals surface area contributed by atoms with E-state index in [0.717, 1.165) is 23.4 Å². The van der Waals surface area contributed by atoms with Crippen molar-refractivity contribution in [3.8, 4) is 0 Å². The van der Waals surface area contributed by atoms with Crippen molar-refractivity contribution < 1.29 is 0 Å². The maximum atomic E-state index is 4.16. The van der Waals surface area contributed by atoms with Crippen LogP contribution < -0.4 is 10.6 Å². The van der Waals surface area contributed by atoms with Gasteiger partial charge in [-0.05, 0) is 32.1 Å². The first-order valence-electron chi connectivity index (χ1n) is 6.18. The van der Waals surface area contributed by atoms with Crippen LogP contribution in [0.5, 0.6) is 0 Å². The van der Waals surface area contributed by atoms with Gasteiger partial charge in [0.15, 0.2) is 5.96 Å². The van der Waals surface area contributed by atoms with Crippen LogP contribution in [0, 0.1) is 0 Å². The lowest BCUT2D eigenvalue weighted by atomic mass is 9.97. The number of nitrogens with one attached hydrogen (secondary N) is 2. The highest BCUT2D eigenvalue weighted by molar-refractivity contribution is 9.11. The summed E-state index contributed by atoms with van der Waals surface area (Å²) in [7, 11) is 1.78. The molecule has 0 unspecified atom stereocenters. The van der Waals surface area contributed by atoms with E-state index in [1.165, 1.54) is 25.7 Å². The van der Waals surface area contributed by atoms with E-state index in [-0.39, 0.29) is 0 Å². The molecule has 4 heteroatoms. The second-order valence-electron chi connectivity index (χ2n) is 4.23. The molecule has 3 nitrogen and oxygen atoms in total. The summed E-state index contributed by atoms with van der Waals surface area (Å²) >= 11 is 3.31. The standard InChI is InChI=1S/C13H22BrN3/c1-11(14)10-17-13(15-2)16-9-8-12-6-4-3-5-7-12/h6H,1,3-5,7-10H2,2H3,(H2,15,16,17). The molecular weight excluding hydrogens is 278 g/mol. The summed E-state index contributed by atoms with van der Waals surface area (Å²) in [5, 5.41) is 6.49. The van der Waals surface area contributed by atoms with Crippen LogP contribution in [0.2, 0.25) is 0 Å². The highest BCUT2D eigenvalue weighted by Crippen LogP contribution is 2.19. The van der Waals surface area contributed by atoms with E-state index in [9.17, 15) is 0 Å². The van der Waals surface area contributed by atoms with Gasteiger partial charge in [-0.15, -0.1) is 0 Å². The highest BCUT2D eigenvalue weighted by atomic mass is 79.9. The van der Waals surface area contributed by atoms with Crippen molar-refractivity contribution in [2.45, 2.75) is 32.1 Å². The van der Waals surface area contributed by atoms with Crippen molar-refractivity contribution in [3.63, 3.8) is 0 Å². The minimum Gasteiger partial charge on any atom is -0.356 e. The Bertz CT molecular complexity index is 308. The molecule has 0 heterocycles. The smallest absolute Gasteiger partial charge is 0.191 e. The first-order valence-corrected chi connectivity index (χ1v) is 6.97. The van der Waals surface area contributed by atoms with Gasteiger partial charge in [0.05, 0.1) is 0 Å². The van der Waals surface area contributed by atoms with Gasteiger partial charge in [0.2, 0.25) is 0 Å². The van der Waals surface area contributed by atoms with Gasteiger partial charge in [-0.2, -0.15) is 0 Å².